The van der Waals surface area contributed by atoms with E-state index in [9.17, 15) is 22.8 Å². The normalized spacial score (nSPS) is 16.8. The van der Waals surface area contributed by atoms with Crippen LogP contribution in [0.4, 0.5) is 4.79 Å². The Morgan fingerprint density at radius 2 is 1.65 bits per heavy atom. The first-order chi connectivity index (χ1) is 26.6. The first-order valence-corrected chi connectivity index (χ1v) is 20.6. The lowest BCUT2D eigenvalue weighted by atomic mass is 9.80. The van der Waals surface area contributed by atoms with E-state index >= 15 is 0 Å². The second-order valence-corrected chi connectivity index (χ2v) is 18.2. The van der Waals surface area contributed by atoms with Gasteiger partial charge in [0.05, 0.1) is 18.7 Å². The number of ether oxygens (including phenoxy) is 4. The van der Waals surface area contributed by atoms with Crippen molar-refractivity contribution >= 4 is 39.1 Å². The van der Waals surface area contributed by atoms with Crippen molar-refractivity contribution in [3.05, 3.63) is 82.4 Å². The maximum absolute atomic E-state index is 14.5. The van der Waals surface area contributed by atoms with Crippen LogP contribution in [-0.2, 0) is 47.4 Å². The number of benzene rings is 3. The molecule has 0 radical (unpaired) electrons. The SMILES string of the molecule is CCOC(=O)C(C(c1ccc(C)c(CN2C[C@@H](CC)Oc3ccccc3S2(=O)=O)c1)c1ccc2c(nnn2C)c1C)N(CC(=O)OC(C)(C)C)C(=O)OC(C)(C)C. The zero-order valence-electron chi connectivity index (χ0n) is 34.8. The number of carbonyl (C=O) groups is 3. The van der Waals surface area contributed by atoms with Crippen LogP contribution in [0.5, 0.6) is 5.75 Å². The average molecular weight is 806 g/mol. The molecule has 5 rings (SSSR count). The van der Waals surface area contributed by atoms with Crippen molar-refractivity contribution in [1.29, 1.82) is 0 Å². The smallest absolute Gasteiger partial charge is 0.411 e. The summed E-state index contributed by atoms with van der Waals surface area (Å²) in [4.78, 5) is 43.6. The molecule has 0 fully saturated rings. The van der Waals surface area contributed by atoms with Crippen LogP contribution in [0.15, 0.2) is 59.5 Å². The van der Waals surface area contributed by atoms with Crippen molar-refractivity contribution in [2.75, 3.05) is 19.7 Å². The molecule has 14 nitrogen and oxygen atoms in total. The monoisotopic (exact) mass is 805 g/mol. The van der Waals surface area contributed by atoms with Crippen LogP contribution in [0.2, 0.25) is 0 Å². The number of aryl methyl sites for hydroxylation is 3. The highest BCUT2D eigenvalue weighted by atomic mass is 32.2. The molecule has 0 saturated heterocycles. The van der Waals surface area contributed by atoms with Crippen LogP contribution in [0.25, 0.3) is 11.0 Å². The Bertz CT molecular complexity index is 2240. The lowest BCUT2D eigenvalue weighted by molar-refractivity contribution is -0.159. The van der Waals surface area contributed by atoms with Gasteiger partial charge in [-0.15, -0.1) is 5.10 Å². The molecule has 0 aliphatic carbocycles. The van der Waals surface area contributed by atoms with Crippen LogP contribution in [0, 0.1) is 13.8 Å². The topological polar surface area (TPSA) is 159 Å². The van der Waals surface area contributed by atoms with Gasteiger partial charge in [-0.1, -0.05) is 48.5 Å². The van der Waals surface area contributed by atoms with E-state index in [4.69, 9.17) is 18.9 Å². The van der Waals surface area contributed by atoms with E-state index in [1.165, 1.54) is 4.31 Å². The van der Waals surface area contributed by atoms with Gasteiger partial charge in [-0.3, -0.25) is 9.69 Å². The third-order valence-electron chi connectivity index (χ3n) is 9.64. The number of fused-ring (bicyclic) bond motifs is 2. The summed E-state index contributed by atoms with van der Waals surface area (Å²) in [5.74, 6) is -2.23. The van der Waals surface area contributed by atoms with Gasteiger partial charge in [-0.25, -0.2) is 22.7 Å². The molecule has 2 heterocycles. The van der Waals surface area contributed by atoms with E-state index in [0.717, 1.165) is 16.0 Å². The Hall–Kier alpha value is -5.02. The fourth-order valence-electron chi connectivity index (χ4n) is 6.95. The molecule has 0 bridgehead atoms. The number of carbonyl (C=O) groups excluding carboxylic acids is 3. The maximum Gasteiger partial charge on any atom is 0.411 e. The second-order valence-electron chi connectivity index (χ2n) is 16.3. The molecule has 0 N–H and O–H groups in total. The van der Waals surface area contributed by atoms with E-state index in [2.05, 4.69) is 10.3 Å². The Labute approximate surface area is 335 Å². The quantitative estimate of drug-likeness (QED) is 0.119. The maximum atomic E-state index is 14.5. The second kappa shape index (κ2) is 16.8. The molecule has 4 aromatic rings. The fraction of sp³-hybridized carbons (Fsp3) is 0.500. The molecule has 3 atom stereocenters. The molecular weight excluding hydrogens is 751 g/mol. The Morgan fingerprint density at radius 1 is 0.965 bits per heavy atom. The first-order valence-electron chi connectivity index (χ1n) is 19.2. The number of amides is 1. The van der Waals surface area contributed by atoms with Crippen molar-refractivity contribution in [3.8, 4) is 5.75 Å². The van der Waals surface area contributed by atoms with Gasteiger partial charge in [0.1, 0.15) is 46.1 Å². The van der Waals surface area contributed by atoms with Crippen LogP contribution in [0.1, 0.15) is 95.5 Å². The molecule has 0 spiro atoms. The largest absolute Gasteiger partial charge is 0.488 e. The minimum atomic E-state index is -4.00. The predicted molar refractivity (Wildman–Crippen MR) is 214 cm³/mol. The van der Waals surface area contributed by atoms with Crippen molar-refractivity contribution in [1.82, 2.24) is 24.2 Å². The number of aromatic nitrogens is 3. The molecule has 308 valence electrons. The number of rotatable bonds is 11. The van der Waals surface area contributed by atoms with E-state index in [1.807, 2.05) is 51.1 Å². The molecule has 1 aliphatic rings. The number of nitrogens with zero attached hydrogens (tertiary/aromatic N) is 5. The van der Waals surface area contributed by atoms with Gasteiger partial charge < -0.3 is 18.9 Å². The molecule has 15 heteroatoms. The van der Waals surface area contributed by atoms with Crippen LogP contribution in [-0.4, -0.2) is 93.7 Å². The number of hydrogen-bond donors (Lipinski definition) is 0. The summed E-state index contributed by atoms with van der Waals surface area (Å²) in [6.07, 6.45) is -0.753. The van der Waals surface area contributed by atoms with Gasteiger partial charge in [0, 0.05) is 19.5 Å². The van der Waals surface area contributed by atoms with Crippen LogP contribution < -0.4 is 4.74 Å². The number of hydrogen-bond acceptors (Lipinski definition) is 11. The van der Waals surface area contributed by atoms with Crippen molar-refractivity contribution in [2.45, 2.75) is 116 Å². The minimum absolute atomic E-state index is 0.0111. The molecular formula is C42H55N5O9S. The van der Waals surface area contributed by atoms with Gasteiger partial charge in [0.25, 0.3) is 0 Å². The average Bonchev–Trinajstić information content (AvgIpc) is 3.45. The van der Waals surface area contributed by atoms with Crippen molar-refractivity contribution < 1.29 is 41.7 Å². The highest BCUT2D eigenvalue weighted by Crippen LogP contribution is 2.39. The minimum Gasteiger partial charge on any atom is -0.488 e. The van der Waals surface area contributed by atoms with Crippen LogP contribution >= 0.6 is 0 Å². The Morgan fingerprint density at radius 3 is 2.30 bits per heavy atom. The third-order valence-corrected chi connectivity index (χ3v) is 11.5. The van der Waals surface area contributed by atoms with Crippen molar-refractivity contribution in [2.24, 2.45) is 7.05 Å². The van der Waals surface area contributed by atoms with Crippen LogP contribution in [0.3, 0.4) is 0 Å². The van der Waals surface area contributed by atoms with Gasteiger partial charge >= 0.3 is 18.0 Å². The molecule has 57 heavy (non-hydrogen) atoms. The number of sulfonamides is 1. The fourth-order valence-corrected chi connectivity index (χ4v) is 8.52. The van der Waals surface area contributed by atoms with Gasteiger partial charge in [-0.05, 0) is 115 Å². The lowest BCUT2D eigenvalue weighted by Crippen LogP contribution is -2.53. The Balaban J connectivity index is 1.74. The Kier molecular flexibility index (Phi) is 12.7. The van der Waals surface area contributed by atoms with E-state index in [-0.39, 0.29) is 24.6 Å². The molecule has 1 aromatic heterocycles. The van der Waals surface area contributed by atoms with Gasteiger partial charge in [0.15, 0.2) is 0 Å². The highest BCUT2D eigenvalue weighted by Gasteiger charge is 2.44. The summed E-state index contributed by atoms with van der Waals surface area (Å²) in [5.41, 5.74) is 2.70. The van der Waals surface area contributed by atoms with E-state index in [0.29, 0.717) is 39.9 Å². The molecule has 2 unspecified atom stereocenters. The molecule has 3 aromatic carbocycles. The third kappa shape index (κ3) is 9.75. The van der Waals surface area contributed by atoms with Gasteiger partial charge in [-0.2, -0.15) is 4.31 Å². The summed E-state index contributed by atoms with van der Waals surface area (Å²) in [7, 11) is -2.23. The first kappa shape index (κ1) is 43.1. The van der Waals surface area contributed by atoms with Gasteiger partial charge in [0.2, 0.25) is 10.0 Å². The zero-order valence-corrected chi connectivity index (χ0v) is 35.6. The zero-order chi connectivity index (χ0) is 42.0. The standard InChI is InChI=1S/C42H55N5O9S/c1-12-30-24-46(57(51,52)34-17-15-14-16-33(34)54-30)23-29-22-28(19-18-26(29)3)36(31-20-21-32-37(27(31)4)43-44-45(32)11)38(39(49)53-13-2)47(40(50)56-42(8,9)10)25-35(48)55-41(5,6)7/h14-22,30,36,38H,12-13,23-25H2,1-11H3/t30-,36?,38?/m1/s1. The number of para-hydroxylation sites is 1. The molecule has 1 amide bonds. The van der Waals surface area contributed by atoms with E-state index in [1.54, 1.807) is 84.5 Å². The summed E-state index contributed by atoms with van der Waals surface area (Å²) in [6.45, 7) is 17.0. The molecule has 0 saturated carbocycles. The summed E-state index contributed by atoms with van der Waals surface area (Å²) < 4.78 is 54.9. The summed E-state index contributed by atoms with van der Waals surface area (Å²) >= 11 is 0. The summed E-state index contributed by atoms with van der Waals surface area (Å²) in [6, 6.07) is 14.4. The predicted octanol–water partition coefficient (Wildman–Crippen LogP) is 6.59. The van der Waals surface area contributed by atoms with E-state index < -0.39 is 63.9 Å². The highest BCUT2D eigenvalue weighted by molar-refractivity contribution is 7.89. The van der Waals surface area contributed by atoms with Crippen molar-refractivity contribution in [3.63, 3.8) is 0 Å². The summed E-state index contributed by atoms with van der Waals surface area (Å²) in [5, 5.41) is 8.63. The molecule has 1 aliphatic heterocycles. The number of esters is 2. The lowest BCUT2D eigenvalue weighted by Gasteiger charge is -2.37.